The fourth-order valence-corrected chi connectivity index (χ4v) is 2.09. The Balaban J connectivity index is 2.05. The summed E-state index contributed by atoms with van der Waals surface area (Å²) < 4.78 is 11.5. The number of hydrogen-bond donors (Lipinski definition) is 0. The Kier molecular flexibility index (Phi) is 3.30. The zero-order valence-corrected chi connectivity index (χ0v) is 11.4. The van der Waals surface area contributed by atoms with E-state index in [1.54, 1.807) is 18.2 Å². The van der Waals surface area contributed by atoms with Crippen LogP contribution in [0.2, 0.25) is 0 Å². The summed E-state index contributed by atoms with van der Waals surface area (Å²) in [5.41, 5.74) is 0.468. The quantitative estimate of drug-likeness (QED) is 0.406. The Morgan fingerprint density at radius 2 is 2.23 bits per heavy atom. The number of methoxy groups -OCH3 is 1. The van der Waals surface area contributed by atoms with E-state index in [0.29, 0.717) is 22.3 Å². The number of fused-ring (bicyclic) bond motifs is 1. The van der Waals surface area contributed by atoms with E-state index in [1.165, 1.54) is 24.2 Å². The molecule has 9 nitrogen and oxygen atoms in total. The molecule has 9 heteroatoms. The molecule has 0 atom stereocenters. The van der Waals surface area contributed by atoms with Crippen molar-refractivity contribution in [3.63, 3.8) is 0 Å². The maximum Gasteiger partial charge on any atom is 0.490 e. The minimum atomic E-state index is -0.682. The van der Waals surface area contributed by atoms with E-state index in [4.69, 9.17) is 9.15 Å². The van der Waals surface area contributed by atoms with Crippen LogP contribution in [0.1, 0.15) is 5.56 Å². The van der Waals surface area contributed by atoms with E-state index in [1.807, 2.05) is 0 Å². The van der Waals surface area contributed by atoms with Crippen LogP contribution < -0.4 is 10.4 Å². The van der Waals surface area contributed by atoms with Crippen LogP contribution in [0.3, 0.4) is 0 Å². The van der Waals surface area contributed by atoms with Gasteiger partial charge in [-0.05, 0) is 22.6 Å². The highest BCUT2D eigenvalue weighted by Gasteiger charge is 2.15. The highest BCUT2D eigenvalue weighted by Crippen LogP contribution is 2.23. The van der Waals surface area contributed by atoms with Gasteiger partial charge in [0.05, 0.1) is 13.7 Å². The van der Waals surface area contributed by atoms with E-state index >= 15 is 0 Å². The molecule has 0 unspecified atom stereocenters. The molecule has 0 bridgehead atoms. The molecule has 0 amide bonds. The number of aromatic nitrogens is 3. The first-order chi connectivity index (χ1) is 10.6. The van der Waals surface area contributed by atoms with E-state index in [-0.39, 0.29) is 6.54 Å². The Hall–Kier alpha value is -3.23. The molecular formula is C13H10N4O5. The molecule has 0 aliphatic rings. The van der Waals surface area contributed by atoms with Crippen LogP contribution in [0.4, 0.5) is 5.95 Å². The lowest BCUT2D eigenvalue weighted by Gasteiger charge is -2.05. The predicted molar refractivity (Wildman–Crippen MR) is 74.8 cm³/mol. The van der Waals surface area contributed by atoms with Gasteiger partial charge in [-0.25, -0.2) is 4.79 Å². The van der Waals surface area contributed by atoms with Gasteiger partial charge in [0.15, 0.2) is 0 Å². The topological polar surface area (TPSA) is 113 Å². The number of nitrogens with zero attached hydrogens (tertiary/aromatic N) is 4. The summed E-state index contributed by atoms with van der Waals surface area (Å²) in [5, 5.41) is 15.0. The third-order valence-electron chi connectivity index (χ3n) is 3.06. The van der Waals surface area contributed by atoms with Gasteiger partial charge in [-0.15, -0.1) is 0 Å². The average molecular weight is 302 g/mol. The second kappa shape index (κ2) is 5.28. The van der Waals surface area contributed by atoms with Crippen LogP contribution in [-0.2, 0) is 6.54 Å². The maximum absolute atomic E-state index is 11.6. The van der Waals surface area contributed by atoms with Gasteiger partial charge in [0.1, 0.15) is 11.3 Å². The van der Waals surface area contributed by atoms with Crippen LogP contribution in [-0.4, -0.2) is 26.8 Å². The lowest BCUT2D eigenvalue weighted by molar-refractivity contribution is -0.394. The number of rotatable bonds is 4. The van der Waals surface area contributed by atoms with E-state index < -0.39 is 16.5 Å². The average Bonchev–Trinajstić information content (AvgIpc) is 2.95. The molecule has 3 rings (SSSR count). The predicted octanol–water partition coefficient (Wildman–Crippen LogP) is 1.35. The summed E-state index contributed by atoms with van der Waals surface area (Å²) in [6, 6.07) is 6.40. The molecule has 0 radical (unpaired) electrons. The minimum Gasteiger partial charge on any atom is -0.497 e. The highest BCUT2D eigenvalue weighted by molar-refractivity contribution is 5.81. The summed E-state index contributed by atoms with van der Waals surface area (Å²) >= 11 is 0. The molecule has 2 aromatic heterocycles. The van der Waals surface area contributed by atoms with Gasteiger partial charge in [-0.2, -0.15) is 4.68 Å². The molecule has 1 aromatic carbocycles. The number of ether oxygens (including phenoxy) is 1. The van der Waals surface area contributed by atoms with E-state index in [2.05, 4.69) is 10.1 Å². The van der Waals surface area contributed by atoms with Gasteiger partial charge < -0.3 is 19.3 Å². The normalized spacial score (nSPS) is 10.8. The largest absolute Gasteiger partial charge is 0.497 e. The Bertz CT molecular complexity index is 914. The number of hydrogen-bond acceptors (Lipinski definition) is 7. The molecule has 22 heavy (non-hydrogen) atoms. The van der Waals surface area contributed by atoms with Crippen LogP contribution in [0.15, 0.2) is 39.8 Å². The summed E-state index contributed by atoms with van der Waals surface area (Å²) in [7, 11) is 1.51. The molecule has 0 N–H and O–H groups in total. The summed E-state index contributed by atoms with van der Waals surface area (Å²) in [4.78, 5) is 25.1. The van der Waals surface area contributed by atoms with E-state index in [9.17, 15) is 14.9 Å². The molecule has 0 aliphatic carbocycles. The second-order valence-corrected chi connectivity index (χ2v) is 4.45. The molecule has 0 aliphatic heterocycles. The maximum atomic E-state index is 11.6. The Morgan fingerprint density at radius 3 is 2.91 bits per heavy atom. The summed E-state index contributed by atoms with van der Waals surface area (Å²) in [6.45, 7) is 0.162. The summed E-state index contributed by atoms with van der Waals surface area (Å²) in [5.74, 6) is 0.0677. The van der Waals surface area contributed by atoms with Gasteiger partial charge in [-0.1, -0.05) is 4.98 Å². The number of nitro groups is 1. The molecule has 0 spiro atoms. The van der Waals surface area contributed by atoms with Gasteiger partial charge in [0, 0.05) is 22.6 Å². The second-order valence-electron chi connectivity index (χ2n) is 4.45. The SMILES string of the molecule is COc1ccc2c(Cn3cnc([N+](=O)[O-])n3)cc(=O)oc2c1. The van der Waals surface area contributed by atoms with Crippen LogP contribution in [0.25, 0.3) is 11.0 Å². The Labute approximate surface area is 122 Å². The zero-order chi connectivity index (χ0) is 15.7. The molecule has 0 saturated carbocycles. The molecule has 0 saturated heterocycles. The first-order valence-corrected chi connectivity index (χ1v) is 6.21. The lowest BCUT2D eigenvalue weighted by atomic mass is 10.1. The van der Waals surface area contributed by atoms with E-state index in [0.717, 1.165) is 0 Å². The van der Waals surface area contributed by atoms with Crippen molar-refractivity contribution in [1.29, 1.82) is 0 Å². The van der Waals surface area contributed by atoms with Crippen LogP contribution in [0.5, 0.6) is 5.75 Å². The van der Waals surface area contributed by atoms with Gasteiger partial charge in [-0.3, -0.25) is 0 Å². The molecule has 0 fully saturated rings. The van der Waals surface area contributed by atoms with Gasteiger partial charge >= 0.3 is 11.6 Å². The van der Waals surface area contributed by atoms with Gasteiger partial charge in [0.2, 0.25) is 6.33 Å². The summed E-state index contributed by atoms with van der Waals surface area (Å²) in [6.07, 6.45) is 1.24. The van der Waals surface area contributed by atoms with Crippen molar-refractivity contribution in [2.45, 2.75) is 6.54 Å². The minimum absolute atomic E-state index is 0.162. The van der Waals surface area contributed by atoms with Gasteiger partial charge in [0.25, 0.3) is 0 Å². The highest BCUT2D eigenvalue weighted by atomic mass is 16.6. The first kappa shape index (κ1) is 13.7. The van der Waals surface area contributed by atoms with Crippen molar-refractivity contribution < 1.29 is 14.1 Å². The van der Waals surface area contributed by atoms with Crippen molar-refractivity contribution in [2.24, 2.45) is 0 Å². The lowest BCUT2D eigenvalue weighted by Crippen LogP contribution is -2.06. The Morgan fingerprint density at radius 1 is 1.41 bits per heavy atom. The smallest absolute Gasteiger partial charge is 0.490 e. The fraction of sp³-hybridized carbons (Fsp3) is 0.154. The fourth-order valence-electron chi connectivity index (χ4n) is 2.09. The molecule has 2 heterocycles. The molecule has 112 valence electrons. The monoisotopic (exact) mass is 302 g/mol. The molecule has 3 aromatic rings. The van der Waals surface area contributed by atoms with Crippen LogP contribution in [0, 0.1) is 10.1 Å². The van der Waals surface area contributed by atoms with Crippen molar-refractivity contribution >= 4 is 16.9 Å². The number of benzene rings is 1. The van der Waals surface area contributed by atoms with Crippen LogP contribution >= 0.6 is 0 Å². The van der Waals surface area contributed by atoms with Crippen molar-refractivity contribution in [1.82, 2.24) is 14.8 Å². The standard InChI is InChI=1S/C13H10N4O5/c1-21-9-2-3-10-8(4-12(18)22-11(10)5-9)6-16-7-14-13(15-16)17(19)20/h2-5,7H,6H2,1H3. The molecular weight excluding hydrogens is 292 g/mol. The first-order valence-electron chi connectivity index (χ1n) is 6.21. The zero-order valence-electron chi connectivity index (χ0n) is 11.4. The third kappa shape index (κ3) is 2.51. The van der Waals surface area contributed by atoms with Crippen molar-refractivity contribution in [2.75, 3.05) is 7.11 Å². The van der Waals surface area contributed by atoms with Crippen molar-refractivity contribution in [3.8, 4) is 5.75 Å². The third-order valence-corrected chi connectivity index (χ3v) is 3.06. The van der Waals surface area contributed by atoms with Crippen molar-refractivity contribution in [3.05, 3.63) is 56.7 Å².